The molecule has 21 heavy (non-hydrogen) atoms. The van der Waals surface area contributed by atoms with E-state index in [0.29, 0.717) is 16.1 Å². The second kappa shape index (κ2) is 6.50. The van der Waals surface area contributed by atoms with E-state index in [2.05, 4.69) is 13.0 Å². The number of aryl methyl sites for hydroxylation is 3. The van der Waals surface area contributed by atoms with Crippen molar-refractivity contribution in [1.82, 2.24) is 0 Å². The Balaban J connectivity index is 2.29. The quantitative estimate of drug-likeness (QED) is 0.721. The van der Waals surface area contributed by atoms with E-state index in [0.717, 1.165) is 16.9 Å². The van der Waals surface area contributed by atoms with Crippen LogP contribution in [0.3, 0.4) is 0 Å². The molecule has 0 N–H and O–H groups in total. The van der Waals surface area contributed by atoms with Gasteiger partial charge in [-0.15, -0.1) is 0 Å². The van der Waals surface area contributed by atoms with Crippen molar-refractivity contribution in [2.45, 2.75) is 27.4 Å². The van der Waals surface area contributed by atoms with Gasteiger partial charge in [-0.05, 0) is 67.3 Å². The summed E-state index contributed by atoms with van der Waals surface area (Å²) in [6, 6.07) is 9.13. The van der Waals surface area contributed by atoms with Gasteiger partial charge in [0.25, 0.3) is 5.24 Å². The van der Waals surface area contributed by atoms with Crippen LogP contribution in [0.5, 0.6) is 5.75 Å². The van der Waals surface area contributed by atoms with Crippen molar-refractivity contribution in [3.8, 4) is 5.75 Å². The number of hydrogen-bond acceptors (Lipinski definition) is 2. The van der Waals surface area contributed by atoms with Crippen LogP contribution in [0.15, 0.2) is 30.3 Å². The maximum atomic E-state index is 11.4. The monoisotopic (exact) mass is 322 g/mol. The minimum Gasteiger partial charge on any atom is -0.489 e. The van der Waals surface area contributed by atoms with E-state index in [1.165, 1.54) is 5.56 Å². The highest BCUT2D eigenvalue weighted by molar-refractivity contribution is 6.68. The van der Waals surface area contributed by atoms with Gasteiger partial charge in [0.1, 0.15) is 12.4 Å². The van der Waals surface area contributed by atoms with E-state index in [4.69, 9.17) is 27.9 Å². The molecule has 0 saturated carbocycles. The van der Waals surface area contributed by atoms with Gasteiger partial charge in [-0.3, -0.25) is 4.79 Å². The highest BCUT2D eigenvalue weighted by Gasteiger charge is 2.13. The second-order valence-electron chi connectivity index (χ2n) is 5.03. The first-order valence-electron chi connectivity index (χ1n) is 6.58. The summed E-state index contributed by atoms with van der Waals surface area (Å²) in [7, 11) is 0. The topological polar surface area (TPSA) is 26.3 Å². The molecule has 0 aliphatic carbocycles. The molecule has 4 heteroatoms. The zero-order valence-electron chi connectivity index (χ0n) is 12.2. The Kier molecular flexibility index (Phi) is 4.92. The third kappa shape index (κ3) is 3.58. The molecule has 0 aliphatic heterocycles. The Morgan fingerprint density at radius 2 is 1.76 bits per heavy atom. The Morgan fingerprint density at radius 3 is 2.43 bits per heavy atom. The Hall–Kier alpha value is -1.51. The minimum atomic E-state index is -0.534. The number of hydrogen-bond donors (Lipinski definition) is 0. The van der Waals surface area contributed by atoms with E-state index < -0.39 is 5.24 Å². The van der Waals surface area contributed by atoms with E-state index >= 15 is 0 Å². The Labute approximate surface area is 134 Å². The molecule has 0 unspecified atom stereocenters. The zero-order chi connectivity index (χ0) is 15.6. The van der Waals surface area contributed by atoms with Crippen LogP contribution in [0.25, 0.3) is 0 Å². The smallest absolute Gasteiger partial charge is 0.252 e. The number of carbonyl (C=O) groups excluding carboxylic acids is 1. The maximum Gasteiger partial charge on any atom is 0.252 e. The highest BCUT2D eigenvalue weighted by Crippen LogP contribution is 2.27. The maximum absolute atomic E-state index is 11.4. The lowest BCUT2D eigenvalue weighted by atomic mass is 10.1. The second-order valence-corrected chi connectivity index (χ2v) is 5.78. The summed E-state index contributed by atoms with van der Waals surface area (Å²) >= 11 is 11.7. The number of benzene rings is 2. The van der Waals surface area contributed by atoms with Gasteiger partial charge < -0.3 is 4.74 Å². The van der Waals surface area contributed by atoms with Crippen molar-refractivity contribution >= 4 is 28.4 Å². The van der Waals surface area contributed by atoms with Crippen LogP contribution in [0.1, 0.15) is 32.6 Å². The molecule has 110 valence electrons. The van der Waals surface area contributed by atoms with Gasteiger partial charge >= 0.3 is 0 Å². The van der Waals surface area contributed by atoms with Crippen LogP contribution in [-0.4, -0.2) is 5.24 Å². The molecule has 0 atom stereocenters. The van der Waals surface area contributed by atoms with E-state index in [-0.39, 0.29) is 6.61 Å². The molecule has 0 heterocycles. The molecule has 2 rings (SSSR count). The van der Waals surface area contributed by atoms with Crippen molar-refractivity contribution < 1.29 is 9.53 Å². The predicted molar refractivity (Wildman–Crippen MR) is 86.6 cm³/mol. The Morgan fingerprint density at radius 1 is 1.10 bits per heavy atom. The van der Waals surface area contributed by atoms with Gasteiger partial charge in [0.15, 0.2) is 0 Å². The zero-order valence-corrected chi connectivity index (χ0v) is 13.7. The molecule has 0 amide bonds. The standard InChI is InChI=1S/C17H16Cl2O2/c1-10-7-12(3)16(8-11(10)2)21-9-14-13(17(19)20)5-4-6-15(14)18/h4-8H,9H2,1-3H3. The van der Waals surface area contributed by atoms with Crippen molar-refractivity contribution in [1.29, 1.82) is 0 Å². The van der Waals surface area contributed by atoms with Gasteiger partial charge in [-0.2, -0.15) is 0 Å². The SMILES string of the molecule is Cc1cc(C)c(OCc2c(Cl)cccc2C(=O)Cl)cc1C. The molecule has 0 bridgehead atoms. The fourth-order valence-electron chi connectivity index (χ4n) is 2.13. The molecule has 0 radical (unpaired) electrons. The Bertz CT molecular complexity index is 693. The summed E-state index contributed by atoms with van der Waals surface area (Å²) in [6.07, 6.45) is 0. The lowest BCUT2D eigenvalue weighted by Gasteiger charge is -2.14. The van der Waals surface area contributed by atoms with Crippen LogP contribution in [0, 0.1) is 20.8 Å². The number of rotatable bonds is 4. The molecule has 2 nitrogen and oxygen atoms in total. The fraction of sp³-hybridized carbons (Fsp3) is 0.235. The van der Waals surface area contributed by atoms with E-state index in [1.54, 1.807) is 18.2 Å². The summed E-state index contributed by atoms with van der Waals surface area (Å²) in [5.41, 5.74) is 4.41. The van der Waals surface area contributed by atoms with Crippen LogP contribution in [-0.2, 0) is 6.61 Å². The van der Waals surface area contributed by atoms with Crippen molar-refractivity contribution in [3.63, 3.8) is 0 Å². The van der Waals surface area contributed by atoms with Gasteiger partial charge in [0.2, 0.25) is 0 Å². The van der Waals surface area contributed by atoms with Crippen molar-refractivity contribution in [2.24, 2.45) is 0 Å². The first-order valence-corrected chi connectivity index (χ1v) is 7.33. The minimum absolute atomic E-state index is 0.205. The molecule has 0 aromatic heterocycles. The fourth-order valence-corrected chi connectivity index (χ4v) is 2.54. The molecule has 2 aromatic carbocycles. The first-order chi connectivity index (χ1) is 9.90. The highest BCUT2D eigenvalue weighted by atomic mass is 35.5. The summed E-state index contributed by atoms with van der Waals surface area (Å²) in [6.45, 7) is 6.29. The lowest BCUT2D eigenvalue weighted by molar-refractivity contribution is 0.107. The molecular weight excluding hydrogens is 307 g/mol. The molecular formula is C17H16Cl2O2. The third-order valence-corrected chi connectivity index (χ3v) is 4.05. The van der Waals surface area contributed by atoms with Gasteiger partial charge in [0.05, 0.1) is 0 Å². The summed E-state index contributed by atoms with van der Waals surface area (Å²) in [5, 5.41) is -0.0594. The number of carbonyl (C=O) groups is 1. The number of ether oxygens (including phenoxy) is 1. The van der Waals surface area contributed by atoms with Gasteiger partial charge in [-0.25, -0.2) is 0 Å². The van der Waals surface area contributed by atoms with Crippen molar-refractivity contribution in [3.05, 3.63) is 63.2 Å². The average molecular weight is 323 g/mol. The first kappa shape index (κ1) is 15.9. The van der Waals surface area contributed by atoms with Gasteiger partial charge in [-0.1, -0.05) is 23.7 Å². The van der Waals surface area contributed by atoms with Crippen LogP contribution in [0.2, 0.25) is 5.02 Å². The third-order valence-electron chi connectivity index (χ3n) is 3.49. The normalized spacial score (nSPS) is 10.5. The molecule has 0 spiro atoms. The molecule has 0 aliphatic rings. The van der Waals surface area contributed by atoms with Crippen LogP contribution >= 0.6 is 23.2 Å². The summed E-state index contributed by atoms with van der Waals surface area (Å²) in [4.78, 5) is 11.4. The summed E-state index contributed by atoms with van der Waals surface area (Å²) < 4.78 is 5.84. The molecule has 2 aromatic rings. The molecule has 0 saturated heterocycles. The average Bonchev–Trinajstić information content (AvgIpc) is 2.42. The lowest BCUT2D eigenvalue weighted by Crippen LogP contribution is -2.04. The predicted octanol–water partition coefficient (Wildman–Crippen LogP) is 5.22. The van der Waals surface area contributed by atoms with Crippen LogP contribution < -0.4 is 4.74 Å². The number of halogens is 2. The van der Waals surface area contributed by atoms with E-state index in [9.17, 15) is 4.79 Å². The van der Waals surface area contributed by atoms with Gasteiger partial charge in [0, 0.05) is 16.1 Å². The largest absolute Gasteiger partial charge is 0.489 e. The summed E-state index contributed by atoms with van der Waals surface area (Å²) in [5.74, 6) is 0.783. The van der Waals surface area contributed by atoms with Crippen molar-refractivity contribution in [2.75, 3.05) is 0 Å². The van der Waals surface area contributed by atoms with E-state index in [1.807, 2.05) is 19.9 Å². The van der Waals surface area contributed by atoms with Crippen LogP contribution in [0.4, 0.5) is 0 Å². The molecule has 0 fully saturated rings.